The lowest BCUT2D eigenvalue weighted by molar-refractivity contribution is -0.159. The molecule has 0 spiro atoms. The van der Waals surface area contributed by atoms with Crippen LogP contribution in [-0.4, -0.2) is 44.4 Å². The van der Waals surface area contributed by atoms with Crippen LogP contribution in [0.1, 0.15) is 40.9 Å². The van der Waals surface area contributed by atoms with E-state index in [1.807, 2.05) is 49.5 Å². The molecule has 47 heavy (non-hydrogen) atoms. The van der Waals surface area contributed by atoms with E-state index >= 15 is 0 Å². The van der Waals surface area contributed by atoms with Gasteiger partial charge in [0.05, 0.1) is 17.5 Å². The number of carbonyl (C=O) groups excluding carboxylic acids is 1. The van der Waals surface area contributed by atoms with Gasteiger partial charge in [0.1, 0.15) is 16.5 Å². The molecule has 0 aliphatic rings. The van der Waals surface area contributed by atoms with Crippen LogP contribution in [0.3, 0.4) is 0 Å². The number of aliphatic carboxylic acids is 2. The number of anilines is 1. The quantitative estimate of drug-likeness (QED) is 0.0954. The van der Waals surface area contributed by atoms with Gasteiger partial charge < -0.3 is 20.5 Å². The number of fused-ring (bicyclic) bond motifs is 1. The van der Waals surface area contributed by atoms with Crippen molar-refractivity contribution in [1.82, 2.24) is 9.47 Å². The van der Waals surface area contributed by atoms with Crippen LogP contribution in [0.4, 0.5) is 14.5 Å². The minimum Gasteiger partial charge on any atom is -0.473 e. The van der Waals surface area contributed by atoms with Crippen molar-refractivity contribution in [2.45, 2.75) is 33.5 Å². The van der Waals surface area contributed by atoms with E-state index in [1.165, 1.54) is 35.7 Å². The Morgan fingerprint density at radius 3 is 2.02 bits per heavy atom. The van der Waals surface area contributed by atoms with E-state index in [9.17, 15) is 18.4 Å². The fourth-order valence-corrected chi connectivity index (χ4v) is 6.28. The number of ketones is 1. The van der Waals surface area contributed by atoms with Gasteiger partial charge in [-0.15, -0.1) is 11.3 Å². The highest BCUT2D eigenvalue weighted by atomic mass is 32.1. The van der Waals surface area contributed by atoms with Gasteiger partial charge >= 0.3 is 11.9 Å². The Labute approximate surface area is 273 Å². The summed E-state index contributed by atoms with van der Waals surface area (Å²) in [6.45, 7) is 4.34. The number of hydrogen-bond donors (Lipinski definition) is 3. The number of pyridine rings is 1. The summed E-state index contributed by atoms with van der Waals surface area (Å²) >= 11 is 1.37. The number of aromatic nitrogens is 1. The summed E-state index contributed by atoms with van der Waals surface area (Å²) in [6.07, 6.45) is 1.46. The number of rotatable bonds is 9. The van der Waals surface area contributed by atoms with Crippen LogP contribution in [0.2, 0.25) is 0 Å². The second kappa shape index (κ2) is 14.9. The number of hydrogen-bond acceptors (Lipinski definition) is 7. The third kappa shape index (κ3) is 8.15. The molecule has 2 aromatic heterocycles. The maximum Gasteiger partial charge on any atom is 0.414 e. The minimum absolute atomic E-state index is 0.0119. The molecule has 0 saturated heterocycles. The monoisotopic (exact) mass is 661 g/mol. The van der Waals surface area contributed by atoms with Gasteiger partial charge in [0.2, 0.25) is 5.43 Å². The smallest absolute Gasteiger partial charge is 0.414 e. The van der Waals surface area contributed by atoms with Crippen molar-refractivity contribution in [1.29, 1.82) is 0 Å². The Kier molecular flexibility index (Phi) is 11.0. The van der Waals surface area contributed by atoms with Crippen molar-refractivity contribution in [2.24, 2.45) is 5.92 Å². The van der Waals surface area contributed by atoms with E-state index in [0.29, 0.717) is 29.0 Å². The van der Waals surface area contributed by atoms with Gasteiger partial charge in [0, 0.05) is 41.3 Å². The Morgan fingerprint density at radius 2 is 1.47 bits per heavy atom. The molecule has 2 heterocycles. The van der Waals surface area contributed by atoms with Crippen LogP contribution >= 0.6 is 11.3 Å². The number of nitrogen functional groups attached to an aromatic ring is 1. The maximum absolute atomic E-state index is 14.8. The molecule has 5 aromatic rings. The molecule has 12 heteroatoms. The summed E-state index contributed by atoms with van der Waals surface area (Å²) in [5, 5.41) is 15.2. The largest absolute Gasteiger partial charge is 0.473 e. The zero-order valence-corrected chi connectivity index (χ0v) is 26.7. The molecule has 0 bridgehead atoms. The predicted octanol–water partition coefficient (Wildman–Crippen LogP) is 6.27. The van der Waals surface area contributed by atoms with E-state index in [0.717, 1.165) is 21.6 Å². The van der Waals surface area contributed by atoms with E-state index < -0.39 is 29.5 Å². The van der Waals surface area contributed by atoms with Gasteiger partial charge in [-0.05, 0) is 48.0 Å². The fourth-order valence-electron chi connectivity index (χ4n) is 4.99. The number of thiophene rings is 1. The standard InChI is InChI=1S/C33H31F2N3O2S.C2H2O4/c1-20(2)30(39)26-19-38(18-24-27(34)10-7-11-28(24)35)33-29(31(26)40)25(17-37(3)16-21-8-5-4-6-9-21)32(41-33)22-12-14-23(36)15-13-22;3-1(4)2(5)6/h4-15,19-20H,16-18,36H2,1-3H3;(H,3,4)(H,5,6). The first-order chi connectivity index (χ1) is 22.3. The Morgan fingerprint density at radius 1 is 0.872 bits per heavy atom. The molecule has 0 radical (unpaired) electrons. The number of Topliss-reactive ketones (excluding diaryl/α,β-unsaturated/α-hetero) is 1. The zero-order chi connectivity index (χ0) is 34.4. The molecule has 244 valence electrons. The number of nitrogens with zero attached hydrogens (tertiary/aromatic N) is 2. The molecule has 4 N–H and O–H groups in total. The second-order valence-corrected chi connectivity index (χ2v) is 12.2. The molecule has 9 nitrogen and oxygen atoms in total. The van der Waals surface area contributed by atoms with Crippen LogP contribution in [0.25, 0.3) is 20.7 Å². The highest BCUT2D eigenvalue weighted by Crippen LogP contribution is 2.39. The molecule has 0 fully saturated rings. The van der Waals surface area contributed by atoms with Gasteiger partial charge in [-0.1, -0.05) is 62.4 Å². The minimum atomic E-state index is -1.82. The molecular formula is C35H33F2N3O6S. The highest BCUT2D eigenvalue weighted by Gasteiger charge is 2.26. The van der Waals surface area contributed by atoms with Gasteiger partial charge in [-0.25, -0.2) is 18.4 Å². The first kappa shape index (κ1) is 34.7. The SMILES string of the molecule is CC(C)C(=O)c1cn(Cc2c(F)cccc2F)c2sc(-c3ccc(N)cc3)c(CN(C)Cc3ccccc3)c2c1=O.O=C(O)C(=O)O. The van der Waals surface area contributed by atoms with Crippen LogP contribution in [0, 0.1) is 17.6 Å². The highest BCUT2D eigenvalue weighted by molar-refractivity contribution is 7.22. The summed E-state index contributed by atoms with van der Waals surface area (Å²) in [5.74, 6) is -5.77. The molecule has 0 amide bonds. The van der Waals surface area contributed by atoms with E-state index in [-0.39, 0.29) is 28.9 Å². The van der Waals surface area contributed by atoms with E-state index in [2.05, 4.69) is 4.90 Å². The average molecular weight is 662 g/mol. The zero-order valence-electron chi connectivity index (χ0n) is 25.9. The number of carboxylic acid groups (broad SMARTS) is 2. The van der Waals surface area contributed by atoms with Gasteiger partial charge in [-0.3, -0.25) is 14.5 Å². The van der Waals surface area contributed by atoms with Gasteiger partial charge in [-0.2, -0.15) is 0 Å². The van der Waals surface area contributed by atoms with Crippen molar-refractivity contribution in [3.05, 3.63) is 123 Å². The molecule has 5 rings (SSSR count). The van der Waals surface area contributed by atoms with Gasteiger partial charge in [0.15, 0.2) is 5.78 Å². The Bertz CT molecular complexity index is 1960. The van der Waals surface area contributed by atoms with E-state index in [1.54, 1.807) is 30.5 Å². The predicted molar refractivity (Wildman–Crippen MR) is 177 cm³/mol. The molecule has 0 saturated carbocycles. The molecule has 0 atom stereocenters. The summed E-state index contributed by atoms with van der Waals surface area (Å²) in [6, 6.07) is 21.1. The molecule has 0 aliphatic heterocycles. The number of carboxylic acids is 2. The normalized spacial score (nSPS) is 11.0. The summed E-state index contributed by atoms with van der Waals surface area (Å²) in [4.78, 5) is 49.0. The van der Waals surface area contributed by atoms with Gasteiger partial charge in [0.25, 0.3) is 0 Å². The van der Waals surface area contributed by atoms with Crippen LogP contribution < -0.4 is 11.2 Å². The topological polar surface area (TPSA) is 143 Å². The number of benzene rings is 3. The Hall–Kier alpha value is -5.20. The third-order valence-corrected chi connectivity index (χ3v) is 8.58. The van der Waals surface area contributed by atoms with Crippen LogP contribution in [0.5, 0.6) is 0 Å². The third-order valence-electron chi connectivity index (χ3n) is 7.27. The van der Waals surface area contributed by atoms with E-state index in [4.69, 9.17) is 25.5 Å². The fraction of sp³-hybridized carbons (Fsp3) is 0.200. The second-order valence-electron chi connectivity index (χ2n) is 11.2. The first-order valence-corrected chi connectivity index (χ1v) is 15.3. The van der Waals surface area contributed by atoms with Crippen molar-refractivity contribution in [3.63, 3.8) is 0 Å². The van der Waals surface area contributed by atoms with Crippen LogP contribution in [-0.2, 0) is 29.2 Å². The Balaban J connectivity index is 0.000000762. The van der Waals surface area contributed by atoms with Crippen molar-refractivity contribution in [3.8, 4) is 10.4 Å². The number of nitrogens with two attached hydrogens (primary N) is 1. The first-order valence-electron chi connectivity index (χ1n) is 14.5. The van der Waals surface area contributed by atoms with Crippen molar-refractivity contribution >= 4 is 45.0 Å². The lowest BCUT2D eigenvalue weighted by Gasteiger charge is -2.18. The lowest BCUT2D eigenvalue weighted by Crippen LogP contribution is -2.24. The summed E-state index contributed by atoms with van der Waals surface area (Å²) in [5.41, 5.74) is 8.82. The molecule has 0 aliphatic carbocycles. The molecular weight excluding hydrogens is 628 g/mol. The van der Waals surface area contributed by atoms with Crippen molar-refractivity contribution in [2.75, 3.05) is 12.8 Å². The number of carbonyl (C=O) groups is 3. The lowest BCUT2D eigenvalue weighted by atomic mass is 9.99. The summed E-state index contributed by atoms with van der Waals surface area (Å²) < 4.78 is 31.2. The molecule has 0 unspecified atom stereocenters. The summed E-state index contributed by atoms with van der Waals surface area (Å²) in [7, 11) is 1.97. The molecule has 3 aromatic carbocycles. The number of halogens is 2. The van der Waals surface area contributed by atoms with Crippen molar-refractivity contribution < 1.29 is 33.4 Å². The average Bonchev–Trinajstić information content (AvgIpc) is 3.40. The maximum atomic E-state index is 14.8. The van der Waals surface area contributed by atoms with Crippen LogP contribution in [0.15, 0.2) is 83.8 Å².